The molecular weight excluding hydrogens is 1000 g/mol. The van der Waals surface area contributed by atoms with E-state index in [0.717, 1.165) is 0 Å². The summed E-state index contributed by atoms with van der Waals surface area (Å²) in [7, 11) is 1.52. The van der Waals surface area contributed by atoms with E-state index >= 15 is 0 Å². The van der Waals surface area contributed by atoms with Gasteiger partial charge in [0.15, 0.2) is 31.5 Å². The number of azide groups is 1. The highest BCUT2D eigenvalue weighted by atomic mass is 16.8. The molecule has 0 aliphatic carbocycles. The molecule has 5 fully saturated rings. The van der Waals surface area contributed by atoms with Crippen LogP contribution in [0.2, 0.25) is 0 Å². The van der Waals surface area contributed by atoms with Gasteiger partial charge in [0.05, 0.1) is 45.7 Å². The first-order chi connectivity index (χ1) is 34.4. The summed E-state index contributed by atoms with van der Waals surface area (Å²) >= 11 is 0. The van der Waals surface area contributed by atoms with Crippen LogP contribution in [0.25, 0.3) is 10.4 Å². The highest BCUT2D eigenvalue weighted by molar-refractivity contribution is 4.96. The summed E-state index contributed by atoms with van der Waals surface area (Å²) in [5.74, 6) is 0. The first-order valence-electron chi connectivity index (χ1n) is 23.0. The quantitative estimate of drug-likeness (QED) is 0.0242. The van der Waals surface area contributed by atoms with Crippen molar-refractivity contribution in [3.63, 3.8) is 0 Å². The van der Waals surface area contributed by atoms with Gasteiger partial charge >= 0.3 is 0 Å². The fourth-order valence-corrected chi connectivity index (χ4v) is 8.26. The molecule has 0 aromatic rings. The maximum absolute atomic E-state index is 10.8. The number of hydrogen-bond donors (Lipinski definition) is 20. The summed E-state index contributed by atoms with van der Waals surface area (Å²) in [5.41, 5.74) is 8.41. The van der Waals surface area contributed by atoms with Crippen molar-refractivity contribution >= 4 is 0 Å². The number of nitrogens with zero attached hydrogens (tertiary/aromatic N) is 4. The van der Waals surface area contributed by atoms with Crippen LogP contribution >= 0.6 is 0 Å². The summed E-state index contributed by atoms with van der Waals surface area (Å²) in [4.78, 5) is 4.07. The second kappa shape index (κ2) is 28.1. The molecule has 34 heteroatoms. The van der Waals surface area contributed by atoms with E-state index in [-0.39, 0.29) is 19.6 Å². The molecule has 5 aliphatic rings. The monoisotopic (exact) mass is 1070 g/mol. The Morgan fingerprint density at radius 2 is 0.726 bits per heavy atom. The summed E-state index contributed by atoms with van der Waals surface area (Å²) in [6, 6.07) is 0. The predicted octanol–water partition coefficient (Wildman–Crippen LogP) is -13.2. The standard InChI is InChI=1S/C39H70N4O30/c1-43(3-2-41-42-40)4-11(45)18(47)19(48)12(46)6-64-35-31(60)26(55)21(50)14(70-35)8-66-37-33(62)28(57)23(52)16(72-37)10-68-39-34(63)29(58)24(53)17(73-39)9-67-38-32(61)27(56)22(51)15(71-38)7-65-36-30(59)25(54)20(49)13(5-44)69-36/h11-39,44-63H,2-10H2,1H3/t11?,12-,13-,14-,15-,16-,17-,18-,19-,20-,21-,22-,23-,24-,25?,26+,27+,28+,29?,30-,31-,32?,33?,34-,35?,36?,37-,38-,39?/m1/s1. The van der Waals surface area contributed by atoms with Gasteiger partial charge in [-0.05, 0) is 12.6 Å². The molecule has 0 amide bonds. The molecule has 0 spiro atoms. The molecule has 8 unspecified atom stereocenters. The third-order valence-corrected chi connectivity index (χ3v) is 12.9. The number of ether oxygens (including phenoxy) is 10. The van der Waals surface area contributed by atoms with E-state index in [9.17, 15) is 102 Å². The fraction of sp³-hybridized carbons (Fsp3) is 1.00. The van der Waals surface area contributed by atoms with Gasteiger partial charge in [0.1, 0.15) is 140 Å². The summed E-state index contributed by atoms with van der Waals surface area (Å²) < 4.78 is 54.7. The molecule has 0 bridgehead atoms. The van der Waals surface area contributed by atoms with Crippen LogP contribution in [0.4, 0.5) is 0 Å². The molecular formula is C39H70N4O30. The van der Waals surface area contributed by atoms with Crippen LogP contribution in [-0.2, 0) is 47.4 Å². The topological polar surface area (TPSA) is 549 Å². The minimum absolute atomic E-state index is 0.0454. The highest BCUT2D eigenvalue weighted by Crippen LogP contribution is 2.31. The SMILES string of the molecule is CN(CCN=[N+]=[N-])CC(O)[C@@H](O)[C@H](O)[C@H](O)COC1O[C@H](CO[C@@H]2O[C@H](COC3O[C@H](CO[C@@H]4O[C@H](COC5O[C@H](CO)[C@@H](O)C(O)[C@H]5O)[C@@H](O)[C@H](O)C4O)[C@@H](O)C(O)[C@H]3O)[C@@H](O)[C@H](O)C2O)[C@@H](O)[C@H](O)[C@H]1O. The Hall–Kier alpha value is -1.93. The Balaban J connectivity index is 1.12. The Labute approximate surface area is 413 Å². The third-order valence-electron chi connectivity index (χ3n) is 12.9. The van der Waals surface area contributed by atoms with Gasteiger partial charge in [0.25, 0.3) is 0 Å². The van der Waals surface area contributed by atoms with Gasteiger partial charge in [-0.15, -0.1) is 0 Å². The molecule has 0 aromatic heterocycles. The van der Waals surface area contributed by atoms with Gasteiger partial charge in [0, 0.05) is 24.5 Å². The second-order valence-corrected chi connectivity index (χ2v) is 18.3. The molecule has 20 N–H and O–H groups in total. The van der Waals surface area contributed by atoms with Crippen LogP contribution in [0, 0.1) is 0 Å². The first kappa shape index (κ1) is 61.9. The van der Waals surface area contributed by atoms with Crippen LogP contribution in [0.3, 0.4) is 0 Å². The van der Waals surface area contributed by atoms with E-state index in [4.69, 9.17) is 52.9 Å². The van der Waals surface area contributed by atoms with Crippen LogP contribution in [0.5, 0.6) is 0 Å². The van der Waals surface area contributed by atoms with Crippen molar-refractivity contribution < 1.29 is 149 Å². The van der Waals surface area contributed by atoms with Crippen molar-refractivity contribution in [3.8, 4) is 0 Å². The van der Waals surface area contributed by atoms with E-state index < -0.39 is 218 Å². The molecule has 5 heterocycles. The van der Waals surface area contributed by atoms with Gasteiger partial charge in [-0.3, -0.25) is 0 Å². The highest BCUT2D eigenvalue weighted by Gasteiger charge is 2.52. The van der Waals surface area contributed by atoms with E-state index in [1.54, 1.807) is 0 Å². The molecule has 426 valence electrons. The lowest BCUT2D eigenvalue weighted by molar-refractivity contribution is -0.351. The summed E-state index contributed by atoms with van der Waals surface area (Å²) in [6.45, 7) is -4.74. The summed E-state index contributed by atoms with van der Waals surface area (Å²) in [6.07, 6.45) is -53.3. The number of hydrogen-bond acceptors (Lipinski definition) is 32. The first-order valence-corrected chi connectivity index (χ1v) is 23.0. The lowest BCUT2D eigenvalue weighted by Gasteiger charge is -2.44. The maximum Gasteiger partial charge on any atom is 0.186 e. The van der Waals surface area contributed by atoms with Crippen molar-refractivity contribution in [2.75, 3.05) is 66.3 Å². The lowest BCUT2D eigenvalue weighted by atomic mass is 9.97. The molecule has 0 aromatic carbocycles. The van der Waals surface area contributed by atoms with Gasteiger partial charge < -0.3 is 154 Å². The van der Waals surface area contributed by atoms with Crippen LogP contribution in [-0.4, -0.2) is 351 Å². The zero-order valence-corrected chi connectivity index (χ0v) is 38.9. The van der Waals surface area contributed by atoms with Gasteiger partial charge in [-0.2, -0.15) is 0 Å². The Morgan fingerprint density at radius 1 is 0.438 bits per heavy atom. The summed E-state index contributed by atoms with van der Waals surface area (Å²) in [5, 5.41) is 212. The Bertz CT molecular complexity index is 1690. The average molecular weight is 1070 g/mol. The third kappa shape index (κ3) is 15.2. The largest absolute Gasteiger partial charge is 0.394 e. The van der Waals surface area contributed by atoms with Crippen LogP contribution < -0.4 is 0 Å². The number of rotatable bonds is 24. The predicted molar refractivity (Wildman–Crippen MR) is 226 cm³/mol. The number of likely N-dealkylation sites (N-methyl/N-ethyl adjacent to an activating group) is 1. The minimum atomic E-state index is -2.03. The van der Waals surface area contributed by atoms with Crippen molar-refractivity contribution in [3.05, 3.63) is 10.4 Å². The number of aliphatic hydroxyl groups excluding tert-OH is 20. The molecule has 5 aliphatic heterocycles. The minimum Gasteiger partial charge on any atom is -0.394 e. The van der Waals surface area contributed by atoms with Crippen LogP contribution in [0.15, 0.2) is 5.11 Å². The molecule has 5 saturated heterocycles. The normalized spacial score (nSPS) is 45.3. The van der Waals surface area contributed by atoms with E-state index in [1.165, 1.54) is 11.9 Å². The van der Waals surface area contributed by atoms with Gasteiger partial charge in [-0.25, -0.2) is 0 Å². The molecule has 73 heavy (non-hydrogen) atoms. The molecule has 34 nitrogen and oxygen atoms in total. The molecule has 5 rings (SSSR count). The molecule has 29 atom stereocenters. The smallest absolute Gasteiger partial charge is 0.186 e. The molecule has 0 radical (unpaired) electrons. The van der Waals surface area contributed by atoms with Crippen molar-refractivity contribution in [2.24, 2.45) is 5.11 Å². The van der Waals surface area contributed by atoms with Crippen molar-refractivity contribution in [1.82, 2.24) is 4.90 Å². The fourth-order valence-electron chi connectivity index (χ4n) is 8.26. The zero-order valence-electron chi connectivity index (χ0n) is 38.9. The van der Waals surface area contributed by atoms with Gasteiger partial charge in [-0.1, -0.05) is 5.11 Å². The Kier molecular flexibility index (Phi) is 23.8. The zero-order chi connectivity index (χ0) is 54.2. The van der Waals surface area contributed by atoms with Crippen LogP contribution in [0.1, 0.15) is 0 Å². The van der Waals surface area contributed by atoms with E-state index in [1.807, 2.05) is 0 Å². The van der Waals surface area contributed by atoms with E-state index in [2.05, 4.69) is 10.0 Å². The lowest BCUT2D eigenvalue weighted by Crippen LogP contribution is -2.63. The van der Waals surface area contributed by atoms with Gasteiger partial charge in [0.2, 0.25) is 0 Å². The Morgan fingerprint density at radius 3 is 1.04 bits per heavy atom. The number of aliphatic hydroxyl groups is 20. The average Bonchev–Trinajstić information content (AvgIpc) is 3.37. The van der Waals surface area contributed by atoms with Crippen molar-refractivity contribution in [1.29, 1.82) is 0 Å². The van der Waals surface area contributed by atoms with Crippen molar-refractivity contribution in [2.45, 2.75) is 178 Å². The molecule has 0 saturated carbocycles. The second-order valence-electron chi connectivity index (χ2n) is 18.3. The maximum atomic E-state index is 10.8. The van der Waals surface area contributed by atoms with E-state index in [0.29, 0.717) is 0 Å².